The molecule has 2 fully saturated rings. The van der Waals surface area contributed by atoms with Crippen molar-refractivity contribution in [3.63, 3.8) is 0 Å². The summed E-state index contributed by atoms with van der Waals surface area (Å²) in [5.74, 6) is 0.511. The van der Waals surface area contributed by atoms with Crippen LogP contribution in [-0.4, -0.2) is 54.3 Å². The molecular weight excluding hydrogens is 370 g/mol. The van der Waals surface area contributed by atoms with Crippen LogP contribution in [0.3, 0.4) is 0 Å². The summed E-state index contributed by atoms with van der Waals surface area (Å²) in [7, 11) is 1.57. The van der Waals surface area contributed by atoms with E-state index < -0.39 is 5.97 Å². The van der Waals surface area contributed by atoms with Crippen LogP contribution in [0.4, 0.5) is 10.5 Å². The van der Waals surface area contributed by atoms with Gasteiger partial charge in [-0.15, -0.1) is 0 Å². The molecule has 2 saturated carbocycles. The number of carboxylic acids is 1. The number of halogens is 1. The Morgan fingerprint density at radius 2 is 2.04 bits per heavy atom. The van der Waals surface area contributed by atoms with Crippen molar-refractivity contribution in [2.75, 3.05) is 25.5 Å². The number of anilines is 1. The summed E-state index contributed by atoms with van der Waals surface area (Å²) in [5.41, 5.74) is 1.41. The van der Waals surface area contributed by atoms with Gasteiger partial charge in [0.25, 0.3) is 0 Å². The number of ether oxygens (including phenoxy) is 1. The number of urea groups is 1. The minimum absolute atomic E-state index is 0.0450. The van der Waals surface area contributed by atoms with E-state index in [9.17, 15) is 9.59 Å². The Morgan fingerprint density at radius 3 is 2.63 bits per heavy atom. The lowest BCUT2D eigenvalue weighted by molar-refractivity contribution is -0.139. The molecule has 0 aromatic heterocycles. The fourth-order valence-electron chi connectivity index (χ4n) is 3.48. The van der Waals surface area contributed by atoms with Crippen LogP contribution >= 0.6 is 11.6 Å². The zero-order valence-electron chi connectivity index (χ0n) is 15.6. The van der Waals surface area contributed by atoms with Gasteiger partial charge in [0.05, 0.1) is 24.4 Å². The van der Waals surface area contributed by atoms with Crippen molar-refractivity contribution in [2.24, 2.45) is 5.92 Å². The molecule has 27 heavy (non-hydrogen) atoms. The number of carboxylic acid groups (broad SMARTS) is 1. The number of aryl methyl sites for hydroxylation is 1. The van der Waals surface area contributed by atoms with Gasteiger partial charge in [0.15, 0.2) is 0 Å². The van der Waals surface area contributed by atoms with E-state index >= 15 is 0 Å². The van der Waals surface area contributed by atoms with Crippen molar-refractivity contribution < 1.29 is 19.4 Å². The highest BCUT2D eigenvalue weighted by molar-refractivity contribution is 6.33. The van der Waals surface area contributed by atoms with Gasteiger partial charge in [0.2, 0.25) is 0 Å². The van der Waals surface area contributed by atoms with Crippen LogP contribution in [0.15, 0.2) is 12.1 Å². The van der Waals surface area contributed by atoms with E-state index in [0.717, 1.165) is 24.9 Å². The molecule has 3 N–H and O–H groups in total. The Bertz CT molecular complexity index is 717. The molecule has 1 aromatic carbocycles. The van der Waals surface area contributed by atoms with Gasteiger partial charge in [-0.3, -0.25) is 9.69 Å². The van der Waals surface area contributed by atoms with Crippen molar-refractivity contribution in [3.05, 3.63) is 22.7 Å². The molecule has 0 heterocycles. The molecule has 7 nitrogen and oxygen atoms in total. The number of nitrogens with one attached hydrogen (secondary N) is 2. The summed E-state index contributed by atoms with van der Waals surface area (Å²) in [4.78, 5) is 25.4. The molecule has 8 heteroatoms. The number of hydrogen-bond donors (Lipinski definition) is 3. The Hall–Kier alpha value is -1.99. The summed E-state index contributed by atoms with van der Waals surface area (Å²) >= 11 is 6.19. The molecule has 2 aliphatic carbocycles. The molecule has 0 bridgehead atoms. The number of amides is 2. The smallest absolute Gasteiger partial charge is 0.319 e. The average molecular weight is 396 g/mol. The number of carbonyl (C=O) groups is 2. The molecule has 0 atom stereocenters. The SMILES string of the molecule is COc1cc(Cl)c(NC(=O)NC2CC(N(CC(=O)O)CC3CC3)C2)cc1C. The first-order valence-corrected chi connectivity index (χ1v) is 9.61. The topological polar surface area (TPSA) is 90.9 Å². The second-order valence-corrected chi connectivity index (χ2v) is 7.90. The number of methoxy groups -OCH3 is 1. The van der Waals surface area contributed by atoms with Crippen molar-refractivity contribution in [1.82, 2.24) is 10.2 Å². The second-order valence-electron chi connectivity index (χ2n) is 7.49. The summed E-state index contributed by atoms with van der Waals surface area (Å²) in [5, 5.41) is 15.2. The first-order valence-electron chi connectivity index (χ1n) is 9.23. The minimum Gasteiger partial charge on any atom is -0.496 e. The van der Waals surface area contributed by atoms with Crippen LogP contribution in [0.2, 0.25) is 5.02 Å². The molecule has 0 aliphatic heterocycles. The second kappa shape index (κ2) is 8.35. The van der Waals surface area contributed by atoms with Crippen molar-refractivity contribution >= 4 is 29.3 Å². The molecule has 2 aliphatic rings. The third-order valence-corrected chi connectivity index (χ3v) is 5.54. The van der Waals surface area contributed by atoms with Crippen molar-refractivity contribution in [1.29, 1.82) is 0 Å². The molecule has 1 aromatic rings. The van der Waals surface area contributed by atoms with Crippen LogP contribution in [0.1, 0.15) is 31.2 Å². The number of benzene rings is 1. The largest absolute Gasteiger partial charge is 0.496 e. The molecule has 0 unspecified atom stereocenters. The van der Waals surface area contributed by atoms with Crippen LogP contribution in [0.25, 0.3) is 0 Å². The van der Waals surface area contributed by atoms with Gasteiger partial charge in [0, 0.05) is 24.7 Å². The fourth-order valence-corrected chi connectivity index (χ4v) is 3.68. The zero-order chi connectivity index (χ0) is 19.6. The van der Waals surface area contributed by atoms with Gasteiger partial charge in [-0.1, -0.05) is 11.6 Å². The Labute approximate surface area is 164 Å². The Morgan fingerprint density at radius 1 is 1.33 bits per heavy atom. The monoisotopic (exact) mass is 395 g/mol. The minimum atomic E-state index is -0.797. The fraction of sp³-hybridized carbons (Fsp3) is 0.579. The zero-order valence-corrected chi connectivity index (χ0v) is 16.4. The van der Waals surface area contributed by atoms with E-state index in [-0.39, 0.29) is 24.7 Å². The first-order chi connectivity index (χ1) is 12.9. The molecule has 0 radical (unpaired) electrons. The third-order valence-electron chi connectivity index (χ3n) is 5.23. The number of carbonyl (C=O) groups excluding carboxylic acids is 1. The van der Waals surface area contributed by atoms with E-state index in [1.165, 1.54) is 12.8 Å². The molecule has 148 valence electrons. The quantitative estimate of drug-likeness (QED) is 0.629. The van der Waals surface area contributed by atoms with Crippen LogP contribution in [-0.2, 0) is 4.79 Å². The first kappa shape index (κ1) is 19.8. The van der Waals surface area contributed by atoms with Crippen molar-refractivity contribution in [3.8, 4) is 5.75 Å². The van der Waals surface area contributed by atoms with E-state index in [0.29, 0.717) is 22.4 Å². The number of aliphatic carboxylic acids is 1. The number of rotatable bonds is 8. The third kappa shape index (κ3) is 5.26. The normalized spacial score (nSPS) is 21.5. The van der Waals surface area contributed by atoms with Crippen LogP contribution in [0.5, 0.6) is 5.75 Å². The van der Waals surface area contributed by atoms with Crippen LogP contribution in [0, 0.1) is 12.8 Å². The predicted octanol–water partition coefficient (Wildman–Crippen LogP) is 3.11. The summed E-state index contributed by atoms with van der Waals surface area (Å²) < 4.78 is 5.21. The average Bonchev–Trinajstić information content (AvgIpc) is 3.36. The van der Waals surface area contributed by atoms with Gasteiger partial charge in [0.1, 0.15) is 5.75 Å². The van der Waals surface area contributed by atoms with E-state index in [2.05, 4.69) is 10.6 Å². The standard InChI is InChI=1S/C19H26ClN3O4/c1-11-5-16(15(20)8-17(11)27-2)22-19(26)21-13-6-14(7-13)23(10-18(24)25)9-12-3-4-12/h5,8,12-14H,3-4,6-7,9-10H2,1-2H3,(H,24,25)(H2,21,22,26). The summed E-state index contributed by atoms with van der Waals surface area (Å²) in [6, 6.07) is 3.40. The molecule has 3 rings (SSSR count). The lowest BCUT2D eigenvalue weighted by atomic mass is 9.85. The predicted molar refractivity (Wildman–Crippen MR) is 104 cm³/mol. The van der Waals surface area contributed by atoms with Gasteiger partial charge in [-0.2, -0.15) is 0 Å². The lowest BCUT2D eigenvalue weighted by Gasteiger charge is -2.42. The van der Waals surface area contributed by atoms with E-state index in [4.69, 9.17) is 21.4 Å². The maximum Gasteiger partial charge on any atom is 0.319 e. The maximum absolute atomic E-state index is 12.3. The Kier molecular flexibility index (Phi) is 6.11. The van der Waals surface area contributed by atoms with Gasteiger partial charge in [-0.25, -0.2) is 4.79 Å². The van der Waals surface area contributed by atoms with E-state index in [1.54, 1.807) is 19.2 Å². The highest BCUT2D eigenvalue weighted by Gasteiger charge is 2.37. The van der Waals surface area contributed by atoms with E-state index in [1.807, 2.05) is 11.8 Å². The Balaban J connectivity index is 1.48. The maximum atomic E-state index is 12.3. The number of nitrogens with zero attached hydrogens (tertiary/aromatic N) is 1. The van der Waals surface area contributed by atoms with Gasteiger partial charge >= 0.3 is 12.0 Å². The van der Waals surface area contributed by atoms with Gasteiger partial charge in [-0.05, 0) is 50.2 Å². The highest BCUT2D eigenvalue weighted by Crippen LogP contribution is 2.34. The molecular formula is C19H26ClN3O4. The lowest BCUT2D eigenvalue weighted by Crippen LogP contribution is -2.55. The van der Waals surface area contributed by atoms with Gasteiger partial charge < -0.3 is 20.5 Å². The van der Waals surface area contributed by atoms with Crippen LogP contribution < -0.4 is 15.4 Å². The number of hydrogen-bond acceptors (Lipinski definition) is 4. The molecule has 0 saturated heterocycles. The highest BCUT2D eigenvalue weighted by atomic mass is 35.5. The molecule has 2 amide bonds. The summed E-state index contributed by atoms with van der Waals surface area (Å²) in [6.07, 6.45) is 3.91. The van der Waals surface area contributed by atoms with Crippen molar-refractivity contribution in [2.45, 2.75) is 44.7 Å². The molecule has 0 spiro atoms. The summed E-state index contributed by atoms with van der Waals surface area (Å²) in [6.45, 7) is 2.79.